The lowest BCUT2D eigenvalue weighted by atomic mass is 9.93. The van der Waals surface area contributed by atoms with Crippen molar-refractivity contribution in [3.8, 4) is 68.2 Å². The summed E-state index contributed by atoms with van der Waals surface area (Å²) in [6.07, 6.45) is 0. The van der Waals surface area contributed by atoms with Gasteiger partial charge in [-0.15, -0.1) is 0 Å². The zero-order valence-electron chi connectivity index (χ0n) is 14.5. The largest absolute Gasteiger partial charge is 0.504 e. The Kier molecular flexibility index (Phi) is 4.15. The Hall–Kier alpha value is -4.14. The van der Waals surface area contributed by atoms with Gasteiger partial charge in [0.25, 0.3) is 0 Å². The van der Waals surface area contributed by atoms with Crippen LogP contribution in [0, 0.1) is 6.92 Å². The molecule has 0 bridgehead atoms. The summed E-state index contributed by atoms with van der Waals surface area (Å²) in [6, 6.07) is 5.76. The summed E-state index contributed by atoms with van der Waals surface area (Å²) in [5.41, 5.74) is 4.00. The molecule has 10 N–H and O–H groups in total. The molecule has 0 aliphatic carbocycles. The smallest absolute Gasteiger partial charge is 0.170 e. The van der Waals surface area contributed by atoms with E-state index in [1.54, 1.807) is 0 Å². The Morgan fingerprint density at radius 1 is 0.500 bits per heavy atom. The van der Waals surface area contributed by atoms with E-state index in [0.29, 0.717) is 5.69 Å². The summed E-state index contributed by atoms with van der Waals surface area (Å²) in [5.74, 6) is -7.43. The number of nitrogens with two attached hydrogens (primary N) is 1. The second-order valence-corrected chi connectivity index (χ2v) is 6.16. The van der Waals surface area contributed by atoms with E-state index in [0.717, 1.165) is 0 Å². The Morgan fingerprint density at radius 3 is 1.21 bits per heavy atom. The first-order valence-electron chi connectivity index (χ1n) is 7.90. The van der Waals surface area contributed by atoms with Crippen molar-refractivity contribution in [1.29, 1.82) is 0 Å². The summed E-state index contributed by atoms with van der Waals surface area (Å²) >= 11 is 0. The molecule has 3 aromatic rings. The van der Waals surface area contributed by atoms with Gasteiger partial charge in [-0.3, -0.25) is 0 Å². The van der Waals surface area contributed by atoms with E-state index in [4.69, 9.17) is 5.73 Å². The number of hydrogen-bond donors (Lipinski definition) is 9. The number of hydrogen-bond acceptors (Lipinski definition) is 9. The van der Waals surface area contributed by atoms with Gasteiger partial charge in [0.2, 0.25) is 0 Å². The normalized spacial score (nSPS) is 10.9. The average molecular weight is 387 g/mol. The highest BCUT2D eigenvalue weighted by Crippen LogP contribution is 2.60. The third-order valence-electron chi connectivity index (χ3n) is 4.48. The number of benzene rings is 3. The Bertz CT molecular complexity index is 1050. The van der Waals surface area contributed by atoms with Gasteiger partial charge in [0.1, 0.15) is 0 Å². The van der Waals surface area contributed by atoms with Gasteiger partial charge < -0.3 is 46.6 Å². The molecule has 0 amide bonds. The highest BCUT2D eigenvalue weighted by atomic mass is 16.3. The zero-order valence-corrected chi connectivity index (χ0v) is 14.5. The molecular weight excluding hydrogens is 370 g/mol. The van der Waals surface area contributed by atoms with Gasteiger partial charge in [-0.05, 0) is 24.6 Å². The maximum atomic E-state index is 10.4. The van der Waals surface area contributed by atoms with Crippen LogP contribution in [0.5, 0.6) is 46.0 Å². The highest BCUT2D eigenvalue weighted by Gasteiger charge is 2.31. The van der Waals surface area contributed by atoms with Gasteiger partial charge >= 0.3 is 0 Å². The first kappa shape index (κ1) is 18.6. The average Bonchev–Trinajstić information content (AvgIpc) is 2.67. The number of phenols is 8. The molecule has 0 fully saturated rings. The van der Waals surface area contributed by atoms with Gasteiger partial charge in [0, 0.05) is 11.3 Å². The molecule has 0 saturated heterocycles. The van der Waals surface area contributed by atoms with Crippen LogP contribution in [-0.2, 0) is 0 Å². The molecule has 0 aliphatic heterocycles. The summed E-state index contributed by atoms with van der Waals surface area (Å²) in [6.45, 7) is 1.20. The summed E-state index contributed by atoms with van der Waals surface area (Å²) in [5, 5.41) is 81.8. The Balaban J connectivity index is 2.40. The molecular formula is C19H17NO8. The van der Waals surface area contributed by atoms with E-state index in [9.17, 15) is 40.9 Å². The van der Waals surface area contributed by atoms with E-state index in [-0.39, 0.29) is 16.7 Å². The molecule has 9 nitrogen and oxygen atoms in total. The molecule has 0 saturated carbocycles. The van der Waals surface area contributed by atoms with E-state index >= 15 is 0 Å². The molecule has 0 spiro atoms. The van der Waals surface area contributed by atoms with Crippen molar-refractivity contribution < 1.29 is 40.9 Å². The maximum absolute atomic E-state index is 10.4. The maximum Gasteiger partial charge on any atom is 0.170 e. The van der Waals surface area contributed by atoms with Crippen molar-refractivity contribution in [2.45, 2.75) is 6.92 Å². The minimum Gasteiger partial charge on any atom is -0.504 e. The fourth-order valence-corrected chi connectivity index (χ4v) is 2.91. The van der Waals surface area contributed by atoms with E-state index < -0.39 is 57.1 Å². The van der Waals surface area contributed by atoms with Crippen LogP contribution in [-0.4, -0.2) is 40.9 Å². The Labute approximate surface area is 158 Å². The lowest BCUT2D eigenvalue weighted by molar-refractivity contribution is 0.364. The molecule has 0 aromatic heterocycles. The van der Waals surface area contributed by atoms with Crippen LogP contribution in [0.3, 0.4) is 0 Å². The molecule has 9 heteroatoms. The van der Waals surface area contributed by atoms with Crippen LogP contribution in [0.25, 0.3) is 22.3 Å². The fourth-order valence-electron chi connectivity index (χ4n) is 2.91. The number of nitrogen functional groups attached to an aromatic ring is 1. The standard InChI is InChI=1S/C19H17NO8/c1-6-12(21)16(25)10(17(26)13(6)22)11-18(27)14(23)9(15(24)19(11)28)7-2-4-8(20)5-3-7/h2-5,21-28H,20H2,1H3. The van der Waals surface area contributed by atoms with Gasteiger partial charge in [-0.25, -0.2) is 0 Å². The third-order valence-corrected chi connectivity index (χ3v) is 4.48. The van der Waals surface area contributed by atoms with Crippen molar-refractivity contribution in [3.63, 3.8) is 0 Å². The van der Waals surface area contributed by atoms with Gasteiger partial charge in [0.05, 0.1) is 16.7 Å². The molecule has 0 heterocycles. The summed E-state index contributed by atoms with van der Waals surface area (Å²) in [4.78, 5) is 0. The lowest BCUT2D eigenvalue weighted by Crippen LogP contribution is -1.91. The minimum absolute atomic E-state index is 0.199. The molecule has 146 valence electrons. The number of phenolic OH excluding ortho intramolecular Hbond substituents is 8. The van der Waals surface area contributed by atoms with Gasteiger partial charge in [0.15, 0.2) is 46.0 Å². The van der Waals surface area contributed by atoms with Gasteiger partial charge in [-0.2, -0.15) is 0 Å². The molecule has 0 unspecified atom stereocenters. The third kappa shape index (κ3) is 2.49. The number of rotatable bonds is 2. The molecule has 28 heavy (non-hydrogen) atoms. The van der Waals surface area contributed by atoms with Crippen LogP contribution < -0.4 is 5.73 Å². The van der Waals surface area contributed by atoms with Crippen LogP contribution in [0.1, 0.15) is 5.56 Å². The molecule has 0 radical (unpaired) electrons. The summed E-state index contributed by atoms with van der Waals surface area (Å²) in [7, 11) is 0. The zero-order chi connectivity index (χ0) is 20.9. The van der Waals surface area contributed by atoms with Crippen LogP contribution >= 0.6 is 0 Å². The molecule has 0 aliphatic rings. The van der Waals surface area contributed by atoms with Crippen molar-refractivity contribution in [2.24, 2.45) is 0 Å². The van der Waals surface area contributed by atoms with Crippen molar-refractivity contribution in [2.75, 3.05) is 5.73 Å². The number of aromatic hydroxyl groups is 8. The second kappa shape index (κ2) is 6.23. The first-order chi connectivity index (χ1) is 13.1. The van der Waals surface area contributed by atoms with E-state index in [1.807, 2.05) is 0 Å². The topological polar surface area (TPSA) is 188 Å². The van der Waals surface area contributed by atoms with Crippen molar-refractivity contribution in [1.82, 2.24) is 0 Å². The fraction of sp³-hybridized carbons (Fsp3) is 0.0526. The van der Waals surface area contributed by atoms with Crippen LogP contribution in [0.2, 0.25) is 0 Å². The minimum atomic E-state index is -1.02. The van der Waals surface area contributed by atoms with E-state index in [2.05, 4.69) is 0 Å². The lowest BCUT2D eigenvalue weighted by Gasteiger charge is -2.19. The van der Waals surface area contributed by atoms with Crippen LogP contribution in [0.15, 0.2) is 24.3 Å². The Morgan fingerprint density at radius 2 is 0.821 bits per heavy atom. The predicted octanol–water partition coefficient (Wildman–Crippen LogP) is 2.56. The SMILES string of the molecule is Cc1c(O)c(O)c(-c2c(O)c(O)c(-c3ccc(N)cc3)c(O)c2O)c(O)c1O. The second-order valence-electron chi connectivity index (χ2n) is 6.16. The monoisotopic (exact) mass is 387 g/mol. The predicted molar refractivity (Wildman–Crippen MR) is 99.8 cm³/mol. The van der Waals surface area contributed by atoms with Gasteiger partial charge in [-0.1, -0.05) is 12.1 Å². The molecule has 3 aromatic carbocycles. The molecule has 0 atom stereocenters. The van der Waals surface area contributed by atoms with Crippen LogP contribution in [0.4, 0.5) is 5.69 Å². The molecule has 3 rings (SSSR count). The number of anilines is 1. The van der Waals surface area contributed by atoms with Crippen molar-refractivity contribution in [3.05, 3.63) is 29.8 Å². The summed E-state index contributed by atoms with van der Waals surface area (Å²) < 4.78 is 0. The highest BCUT2D eigenvalue weighted by molar-refractivity contribution is 5.97. The van der Waals surface area contributed by atoms with Crippen molar-refractivity contribution >= 4 is 5.69 Å². The first-order valence-corrected chi connectivity index (χ1v) is 7.90. The quantitative estimate of drug-likeness (QED) is 0.181. The van der Waals surface area contributed by atoms with E-state index in [1.165, 1.54) is 31.2 Å².